The van der Waals surface area contributed by atoms with Crippen LogP contribution in [0.1, 0.15) is 36.1 Å². The molecule has 2 aromatic carbocycles. The summed E-state index contributed by atoms with van der Waals surface area (Å²) in [4.78, 5) is 2.35. The summed E-state index contributed by atoms with van der Waals surface area (Å²) in [7, 11) is 3.34. The summed E-state index contributed by atoms with van der Waals surface area (Å²) in [5, 5.41) is 12.9. The van der Waals surface area contributed by atoms with Crippen molar-refractivity contribution in [2.75, 3.05) is 20.8 Å². The van der Waals surface area contributed by atoms with Gasteiger partial charge in [-0.05, 0) is 32.4 Å². The maximum Gasteiger partial charge on any atom is 0.253 e. The van der Waals surface area contributed by atoms with Crippen LogP contribution in [0.25, 0.3) is 22.7 Å². The first-order valence-electron chi connectivity index (χ1n) is 11.0. The van der Waals surface area contributed by atoms with Gasteiger partial charge in [0.2, 0.25) is 5.89 Å². The summed E-state index contributed by atoms with van der Waals surface area (Å²) >= 11 is 0. The maximum atomic E-state index is 6.10. The topological polar surface area (TPSA) is 86.7 Å². The quantitative estimate of drug-likeness (QED) is 0.390. The van der Waals surface area contributed by atoms with E-state index in [0.29, 0.717) is 29.8 Å². The molecule has 0 spiro atoms. The van der Waals surface area contributed by atoms with E-state index >= 15 is 0 Å². The molecule has 4 aromatic rings. The molecule has 1 fully saturated rings. The third kappa shape index (κ3) is 4.09. The van der Waals surface area contributed by atoms with Gasteiger partial charge in [0.1, 0.15) is 28.5 Å². The second-order valence-electron chi connectivity index (χ2n) is 8.07. The molecule has 2 aromatic heterocycles. The van der Waals surface area contributed by atoms with Crippen LogP contribution in [0.3, 0.4) is 0 Å². The summed E-state index contributed by atoms with van der Waals surface area (Å²) in [6.07, 6.45) is 2.12. The Morgan fingerprint density at radius 3 is 2.70 bits per heavy atom. The fourth-order valence-corrected chi connectivity index (χ4v) is 4.47. The average Bonchev–Trinajstić information content (AvgIpc) is 3.59. The molecule has 170 valence electrons. The molecule has 1 aliphatic heterocycles. The van der Waals surface area contributed by atoms with Gasteiger partial charge in [0, 0.05) is 23.2 Å². The molecule has 0 aliphatic carbocycles. The van der Waals surface area contributed by atoms with Gasteiger partial charge in [0.05, 0.1) is 20.8 Å². The number of likely N-dealkylation sites (tertiary alicyclic amines) is 1. The molecule has 0 amide bonds. The lowest BCUT2D eigenvalue weighted by Gasteiger charge is -2.25. The Morgan fingerprint density at radius 2 is 1.91 bits per heavy atom. The van der Waals surface area contributed by atoms with Crippen molar-refractivity contribution in [1.29, 1.82) is 0 Å². The SMILES string of the molecule is COc1ccc([C@H]2CCCN2Cc2nnc(-c3c(-c4ccccc4)noc3C)o2)c(OC)c1. The van der Waals surface area contributed by atoms with Crippen molar-refractivity contribution in [3.63, 3.8) is 0 Å². The van der Waals surface area contributed by atoms with Gasteiger partial charge in [-0.3, -0.25) is 4.90 Å². The van der Waals surface area contributed by atoms with Crippen LogP contribution < -0.4 is 9.47 Å². The average molecular weight is 447 g/mol. The third-order valence-electron chi connectivity index (χ3n) is 6.09. The first-order chi connectivity index (χ1) is 16.2. The summed E-state index contributed by atoms with van der Waals surface area (Å²) in [6.45, 7) is 3.35. The van der Waals surface area contributed by atoms with E-state index in [0.717, 1.165) is 47.6 Å². The lowest BCUT2D eigenvalue weighted by atomic mass is 10.0. The third-order valence-corrected chi connectivity index (χ3v) is 6.09. The highest BCUT2D eigenvalue weighted by Crippen LogP contribution is 2.40. The Hall–Kier alpha value is -3.65. The van der Waals surface area contributed by atoms with E-state index in [1.165, 1.54) is 0 Å². The van der Waals surface area contributed by atoms with Crippen molar-refractivity contribution in [3.05, 3.63) is 65.7 Å². The van der Waals surface area contributed by atoms with E-state index in [9.17, 15) is 0 Å². The lowest BCUT2D eigenvalue weighted by Crippen LogP contribution is -2.23. The van der Waals surface area contributed by atoms with Crippen molar-refractivity contribution in [3.8, 4) is 34.2 Å². The number of nitrogens with zero attached hydrogens (tertiary/aromatic N) is 4. The maximum absolute atomic E-state index is 6.10. The number of hydrogen-bond donors (Lipinski definition) is 0. The van der Waals surface area contributed by atoms with Crippen LogP contribution in [0, 0.1) is 6.92 Å². The number of aryl methyl sites for hydroxylation is 1. The highest BCUT2D eigenvalue weighted by molar-refractivity contribution is 5.77. The zero-order valence-corrected chi connectivity index (χ0v) is 18.9. The van der Waals surface area contributed by atoms with E-state index in [-0.39, 0.29) is 6.04 Å². The van der Waals surface area contributed by atoms with Crippen molar-refractivity contribution in [2.45, 2.75) is 32.4 Å². The van der Waals surface area contributed by atoms with Crippen LogP contribution in [0.15, 0.2) is 57.5 Å². The van der Waals surface area contributed by atoms with E-state index in [1.54, 1.807) is 14.2 Å². The summed E-state index contributed by atoms with van der Waals surface area (Å²) in [5.41, 5.74) is 3.51. The normalized spacial score (nSPS) is 16.3. The molecule has 8 nitrogen and oxygen atoms in total. The Bertz CT molecular complexity index is 1230. The standard InChI is InChI=1S/C25H26N4O4/c1-16-23(24(28-33-16)17-8-5-4-6-9-17)25-27-26-22(32-25)15-29-13-7-10-20(29)19-12-11-18(30-2)14-21(19)31-3/h4-6,8-9,11-12,14,20H,7,10,13,15H2,1-3H3/t20-/m1/s1. The van der Waals surface area contributed by atoms with Crippen LogP contribution in [0.2, 0.25) is 0 Å². The number of ether oxygens (including phenoxy) is 2. The molecule has 1 aliphatic rings. The van der Waals surface area contributed by atoms with Crippen molar-refractivity contribution in [2.24, 2.45) is 0 Å². The molecule has 0 unspecified atom stereocenters. The summed E-state index contributed by atoms with van der Waals surface area (Å²) in [5.74, 6) is 3.22. The first kappa shape index (κ1) is 21.2. The van der Waals surface area contributed by atoms with Crippen molar-refractivity contribution in [1.82, 2.24) is 20.3 Å². The lowest BCUT2D eigenvalue weighted by molar-refractivity contribution is 0.220. The number of rotatable bonds is 7. The van der Waals surface area contributed by atoms with Crippen molar-refractivity contribution < 1.29 is 18.4 Å². The monoisotopic (exact) mass is 446 g/mol. The highest BCUT2D eigenvalue weighted by Gasteiger charge is 2.30. The zero-order chi connectivity index (χ0) is 22.8. The molecular weight excluding hydrogens is 420 g/mol. The van der Waals surface area contributed by atoms with E-state index in [1.807, 2.05) is 49.4 Å². The zero-order valence-electron chi connectivity index (χ0n) is 18.9. The second-order valence-corrected chi connectivity index (χ2v) is 8.07. The number of benzene rings is 2. The fraction of sp³-hybridized carbons (Fsp3) is 0.320. The van der Waals surface area contributed by atoms with Crippen LogP contribution in [0.4, 0.5) is 0 Å². The molecule has 0 bridgehead atoms. The van der Waals surface area contributed by atoms with Gasteiger partial charge in [-0.1, -0.05) is 41.6 Å². The van der Waals surface area contributed by atoms with Crippen molar-refractivity contribution >= 4 is 0 Å². The molecule has 5 rings (SSSR count). The summed E-state index contributed by atoms with van der Waals surface area (Å²) < 4.78 is 22.5. The Balaban J connectivity index is 1.40. The molecule has 0 saturated carbocycles. The van der Waals surface area contributed by atoms with Crippen LogP contribution >= 0.6 is 0 Å². The minimum absolute atomic E-state index is 0.207. The van der Waals surface area contributed by atoms with Gasteiger partial charge in [0.25, 0.3) is 5.89 Å². The predicted molar refractivity (Wildman–Crippen MR) is 122 cm³/mol. The molecule has 33 heavy (non-hydrogen) atoms. The van der Waals surface area contributed by atoms with Crippen LogP contribution in [0.5, 0.6) is 11.5 Å². The Morgan fingerprint density at radius 1 is 1.06 bits per heavy atom. The summed E-state index contributed by atoms with van der Waals surface area (Å²) in [6, 6.07) is 16.0. The van der Waals surface area contributed by atoms with Crippen LogP contribution in [-0.4, -0.2) is 41.0 Å². The molecule has 8 heteroatoms. The van der Waals surface area contributed by atoms with Gasteiger partial charge in [0.15, 0.2) is 0 Å². The molecule has 1 saturated heterocycles. The molecule has 3 heterocycles. The number of hydrogen-bond acceptors (Lipinski definition) is 8. The Labute approximate surface area is 192 Å². The smallest absolute Gasteiger partial charge is 0.253 e. The van der Waals surface area contributed by atoms with Gasteiger partial charge in [-0.2, -0.15) is 0 Å². The second kappa shape index (κ2) is 9.07. The van der Waals surface area contributed by atoms with Crippen LogP contribution in [-0.2, 0) is 6.54 Å². The van der Waals surface area contributed by atoms with Gasteiger partial charge < -0.3 is 18.4 Å². The Kier molecular flexibility index (Phi) is 5.83. The fourth-order valence-electron chi connectivity index (χ4n) is 4.47. The van der Waals surface area contributed by atoms with E-state index in [4.69, 9.17) is 18.4 Å². The van der Waals surface area contributed by atoms with Gasteiger partial charge >= 0.3 is 0 Å². The molecule has 0 N–H and O–H groups in total. The van der Waals surface area contributed by atoms with E-state index in [2.05, 4.69) is 26.3 Å². The first-order valence-corrected chi connectivity index (χ1v) is 11.0. The van der Waals surface area contributed by atoms with Gasteiger partial charge in [-0.25, -0.2) is 0 Å². The molecule has 0 radical (unpaired) electrons. The number of aromatic nitrogens is 3. The largest absolute Gasteiger partial charge is 0.497 e. The minimum atomic E-state index is 0.207. The molecule has 1 atom stereocenters. The molecular formula is C25H26N4O4. The number of methoxy groups -OCH3 is 2. The van der Waals surface area contributed by atoms with Gasteiger partial charge in [-0.15, -0.1) is 10.2 Å². The highest BCUT2D eigenvalue weighted by atomic mass is 16.5. The minimum Gasteiger partial charge on any atom is -0.497 e. The van der Waals surface area contributed by atoms with E-state index < -0.39 is 0 Å². The predicted octanol–water partition coefficient (Wildman–Crippen LogP) is 5.05.